The Morgan fingerprint density at radius 1 is 1.53 bits per heavy atom. The van der Waals surface area contributed by atoms with Crippen molar-refractivity contribution in [3.05, 3.63) is 28.3 Å². The van der Waals surface area contributed by atoms with Gasteiger partial charge in [0.2, 0.25) is 5.89 Å². The average molecular weight is 279 g/mol. The number of aromatic nitrogens is 3. The Morgan fingerprint density at radius 2 is 2.47 bits per heavy atom. The fourth-order valence-corrected chi connectivity index (χ4v) is 3.24. The van der Waals surface area contributed by atoms with E-state index in [1.165, 1.54) is 17.8 Å². The molecule has 1 atom stereocenters. The number of nitrogens with zero attached hydrogens (tertiary/aromatic N) is 4. The lowest BCUT2D eigenvalue weighted by Gasteiger charge is -2.30. The molecule has 0 radical (unpaired) electrons. The van der Waals surface area contributed by atoms with Crippen LogP contribution < -0.4 is 5.73 Å². The van der Waals surface area contributed by atoms with Gasteiger partial charge in [-0.2, -0.15) is 4.98 Å². The second-order valence-electron chi connectivity index (χ2n) is 4.75. The Morgan fingerprint density at radius 3 is 3.21 bits per heavy atom. The van der Waals surface area contributed by atoms with Gasteiger partial charge < -0.3 is 10.3 Å². The Balaban J connectivity index is 1.62. The summed E-state index contributed by atoms with van der Waals surface area (Å²) in [6.45, 7) is 3.12. The van der Waals surface area contributed by atoms with E-state index in [-0.39, 0.29) is 0 Å². The first-order valence-corrected chi connectivity index (χ1v) is 7.36. The molecule has 1 unspecified atom stereocenters. The van der Waals surface area contributed by atoms with Crippen molar-refractivity contribution in [3.8, 4) is 0 Å². The summed E-state index contributed by atoms with van der Waals surface area (Å²) in [7, 11) is 0. The van der Waals surface area contributed by atoms with Crippen LogP contribution in [0.1, 0.15) is 35.5 Å². The number of rotatable bonds is 4. The molecule has 0 spiro atoms. The number of piperidine rings is 1. The fourth-order valence-electron chi connectivity index (χ4n) is 2.47. The average Bonchev–Trinajstić information content (AvgIpc) is 3.10. The van der Waals surface area contributed by atoms with Gasteiger partial charge in [0, 0.05) is 24.0 Å². The van der Waals surface area contributed by atoms with Gasteiger partial charge in [0.05, 0.1) is 18.1 Å². The van der Waals surface area contributed by atoms with Crippen molar-refractivity contribution in [2.24, 2.45) is 5.73 Å². The van der Waals surface area contributed by atoms with E-state index < -0.39 is 0 Å². The zero-order chi connectivity index (χ0) is 13.1. The quantitative estimate of drug-likeness (QED) is 0.910. The van der Waals surface area contributed by atoms with Crippen LogP contribution in [0, 0.1) is 0 Å². The van der Waals surface area contributed by atoms with Crippen LogP contribution in [-0.4, -0.2) is 33.1 Å². The molecule has 2 aromatic rings. The second kappa shape index (κ2) is 5.77. The van der Waals surface area contributed by atoms with E-state index in [4.69, 9.17) is 10.3 Å². The number of hydrogen-bond donors (Lipinski definition) is 1. The SMILES string of the molecule is NCc1nc(CN2CCCC(c3nccs3)C2)no1. The van der Waals surface area contributed by atoms with Crippen molar-refractivity contribution in [2.45, 2.75) is 31.8 Å². The largest absolute Gasteiger partial charge is 0.338 e. The molecule has 7 heteroatoms. The summed E-state index contributed by atoms with van der Waals surface area (Å²) in [5.41, 5.74) is 5.47. The molecule has 3 rings (SSSR count). The number of nitrogens with two attached hydrogens (primary N) is 1. The molecule has 0 amide bonds. The smallest absolute Gasteiger partial charge is 0.240 e. The Labute approximate surface area is 115 Å². The van der Waals surface area contributed by atoms with Gasteiger partial charge in [0.25, 0.3) is 0 Å². The molecule has 1 saturated heterocycles. The third kappa shape index (κ3) is 2.99. The highest BCUT2D eigenvalue weighted by molar-refractivity contribution is 7.09. The van der Waals surface area contributed by atoms with E-state index in [0.29, 0.717) is 18.4 Å². The molecule has 2 aromatic heterocycles. The van der Waals surface area contributed by atoms with Crippen LogP contribution in [0.2, 0.25) is 0 Å². The number of hydrogen-bond acceptors (Lipinski definition) is 7. The van der Waals surface area contributed by atoms with E-state index in [9.17, 15) is 0 Å². The summed E-state index contributed by atoms with van der Waals surface area (Å²) in [6.07, 6.45) is 4.28. The van der Waals surface area contributed by atoms with Crippen molar-refractivity contribution >= 4 is 11.3 Å². The molecule has 19 heavy (non-hydrogen) atoms. The van der Waals surface area contributed by atoms with Crippen LogP contribution in [0.3, 0.4) is 0 Å². The third-order valence-corrected chi connectivity index (χ3v) is 4.29. The highest BCUT2D eigenvalue weighted by atomic mass is 32.1. The van der Waals surface area contributed by atoms with Gasteiger partial charge >= 0.3 is 0 Å². The summed E-state index contributed by atoms with van der Waals surface area (Å²) in [5.74, 6) is 1.76. The molecule has 102 valence electrons. The standard InChI is InChI=1S/C12H17N5OS/c13-6-11-15-10(16-18-11)8-17-4-1-2-9(7-17)12-14-3-5-19-12/h3,5,9H,1-2,4,6-8,13H2. The zero-order valence-corrected chi connectivity index (χ0v) is 11.5. The predicted octanol–water partition coefficient (Wildman–Crippen LogP) is 1.36. The molecule has 1 aliphatic heterocycles. The maximum Gasteiger partial charge on any atom is 0.240 e. The van der Waals surface area contributed by atoms with Crippen molar-refractivity contribution in [1.82, 2.24) is 20.0 Å². The maximum atomic E-state index is 5.47. The minimum Gasteiger partial charge on any atom is -0.338 e. The lowest BCUT2D eigenvalue weighted by Crippen LogP contribution is -2.34. The Kier molecular flexibility index (Phi) is 3.86. The van der Waals surface area contributed by atoms with Gasteiger partial charge in [0.1, 0.15) is 0 Å². The van der Waals surface area contributed by atoms with Crippen LogP contribution >= 0.6 is 11.3 Å². The van der Waals surface area contributed by atoms with Crippen LogP contribution in [0.25, 0.3) is 0 Å². The molecule has 0 saturated carbocycles. The predicted molar refractivity (Wildman–Crippen MR) is 71.6 cm³/mol. The first-order chi connectivity index (χ1) is 9.35. The first kappa shape index (κ1) is 12.7. The van der Waals surface area contributed by atoms with Gasteiger partial charge in [0.15, 0.2) is 5.82 Å². The van der Waals surface area contributed by atoms with Gasteiger partial charge in [-0.15, -0.1) is 11.3 Å². The van der Waals surface area contributed by atoms with Gasteiger partial charge in [-0.05, 0) is 19.4 Å². The molecule has 6 nitrogen and oxygen atoms in total. The number of thiazole rings is 1. The molecule has 1 aliphatic rings. The normalized spacial score (nSPS) is 20.8. The molecule has 2 N–H and O–H groups in total. The third-order valence-electron chi connectivity index (χ3n) is 3.36. The fraction of sp³-hybridized carbons (Fsp3) is 0.583. The zero-order valence-electron chi connectivity index (χ0n) is 10.7. The summed E-state index contributed by atoms with van der Waals surface area (Å²) < 4.78 is 5.03. The van der Waals surface area contributed by atoms with Crippen molar-refractivity contribution in [3.63, 3.8) is 0 Å². The highest BCUT2D eigenvalue weighted by Crippen LogP contribution is 2.28. The molecular weight excluding hydrogens is 262 g/mol. The summed E-state index contributed by atoms with van der Waals surface area (Å²) in [6, 6.07) is 0. The van der Waals surface area contributed by atoms with Gasteiger partial charge in [-0.25, -0.2) is 4.98 Å². The highest BCUT2D eigenvalue weighted by Gasteiger charge is 2.24. The Bertz CT molecular complexity index is 512. The number of likely N-dealkylation sites (tertiary alicyclic amines) is 1. The molecule has 0 aliphatic carbocycles. The van der Waals surface area contributed by atoms with E-state index in [0.717, 1.165) is 25.5 Å². The first-order valence-electron chi connectivity index (χ1n) is 6.48. The van der Waals surface area contributed by atoms with Crippen LogP contribution in [0.4, 0.5) is 0 Å². The van der Waals surface area contributed by atoms with Gasteiger partial charge in [-0.1, -0.05) is 5.16 Å². The molecule has 0 aromatic carbocycles. The molecule has 3 heterocycles. The van der Waals surface area contributed by atoms with Gasteiger partial charge in [-0.3, -0.25) is 4.90 Å². The van der Waals surface area contributed by atoms with Crippen LogP contribution in [-0.2, 0) is 13.1 Å². The van der Waals surface area contributed by atoms with Crippen molar-refractivity contribution in [2.75, 3.05) is 13.1 Å². The lowest BCUT2D eigenvalue weighted by atomic mass is 9.99. The Hall–Kier alpha value is -1.31. The molecular formula is C12H17N5OS. The summed E-state index contributed by atoms with van der Waals surface area (Å²) in [5, 5.41) is 7.23. The van der Waals surface area contributed by atoms with Crippen molar-refractivity contribution < 1.29 is 4.52 Å². The van der Waals surface area contributed by atoms with Crippen LogP contribution in [0.5, 0.6) is 0 Å². The minimum atomic E-state index is 0.300. The van der Waals surface area contributed by atoms with E-state index in [1.54, 1.807) is 11.3 Å². The minimum absolute atomic E-state index is 0.300. The van der Waals surface area contributed by atoms with Crippen molar-refractivity contribution in [1.29, 1.82) is 0 Å². The van der Waals surface area contributed by atoms with E-state index in [2.05, 4.69) is 20.0 Å². The summed E-state index contributed by atoms with van der Waals surface area (Å²) >= 11 is 1.74. The lowest BCUT2D eigenvalue weighted by molar-refractivity contribution is 0.193. The topological polar surface area (TPSA) is 81.1 Å². The second-order valence-corrected chi connectivity index (χ2v) is 5.68. The van der Waals surface area contributed by atoms with Crippen LogP contribution in [0.15, 0.2) is 16.1 Å². The molecule has 1 fully saturated rings. The van der Waals surface area contributed by atoms with E-state index in [1.807, 2.05) is 11.6 Å². The monoisotopic (exact) mass is 279 g/mol. The maximum absolute atomic E-state index is 5.47. The van der Waals surface area contributed by atoms with E-state index >= 15 is 0 Å². The summed E-state index contributed by atoms with van der Waals surface area (Å²) in [4.78, 5) is 11.0. The molecule has 0 bridgehead atoms.